The number of hydrazone groups is 1. The Morgan fingerprint density at radius 2 is 2.00 bits per heavy atom. The van der Waals surface area contributed by atoms with Crippen LogP contribution in [0.15, 0.2) is 47.6 Å². The summed E-state index contributed by atoms with van der Waals surface area (Å²) in [5, 5.41) is 17.0. The Balaban J connectivity index is 1.88. The monoisotopic (exact) mass is 486 g/mol. The number of nitrogens with one attached hydrogen (secondary N) is 2. The summed E-state index contributed by atoms with van der Waals surface area (Å²) in [7, 11) is 0. The third-order valence-corrected chi connectivity index (χ3v) is 4.36. The molecule has 26 heavy (non-hydrogen) atoms. The van der Waals surface area contributed by atoms with E-state index in [4.69, 9.17) is 11.6 Å². The van der Waals surface area contributed by atoms with Gasteiger partial charge in [0.1, 0.15) is 5.02 Å². The molecule has 0 aromatic heterocycles. The molecule has 0 atom stereocenters. The minimum absolute atomic E-state index is 0.00874. The van der Waals surface area contributed by atoms with E-state index in [2.05, 4.69) is 15.8 Å². The highest BCUT2D eigenvalue weighted by molar-refractivity contribution is 14.1. The molecule has 10 heteroatoms. The molecule has 2 N–H and O–H groups in total. The number of nitro groups is 1. The minimum atomic E-state index is -0.612. The van der Waals surface area contributed by atoms with Gasteiger partial charge in [0.2, 0.25) is 0 Å². The van der Waals surface area contributed by atoms with E-state index < -0.39 is 10.8 Å². The van der Waals surface area contributed by atoms with Gasteiger partial charge in [-0.1, -0.05) is 29.8 Å². The number of hydrogen-bond donors (Lipinski definition) is 2. The first-order chi connectivity index (χ1) is 12.4. The minimum Gasteiger partial charge on any atom is -0.343 e. The molecule has 2 aromatic carbocycles. The van der Waals surface area contributed by atoms with Gasteiger partial charge in [0.25, 0.3) is 17.5 Å². The predicted octanol–water partition coefficient (Wildman–Crippen LogP) is 2.73. The van der Waals surface area contributed by atoms with E-state index in [0.717, 1.165) is 3.57 Å². The van der Waals surface area contributed by atoms with Crippen LogP contribution >= 0.6 is 34.2 Å². The predicted molar refractivity (Wildman–Crippen MR) is 105 cm³/mol. The number of rotatable bonds is 6. The van der Waals surface area contributed by atoms with E-state index in [-0.39, 0.29) is 23.2 Å². The van der Waals surface area contributed by atoms with Crippen molar-refractivity contribution in [3.63, 3.8) is 0 Å². The van der Waals surface area contributed by atoms with Crippen LogP contribution in [0, 0.1) is 13.7 Å². The van der Waals surface area contributed by atoms with Crippen LogP contribution in [0.25, 0.3) is 0 Å². The largest absolute Gasteiger partial charge is 0.343 e. The van der Waals surface area contributed by atoms with Gasteiger partial charge in [0.15, 0.2) is 0 Å². The summed E-state index contributed by atoms with van der Waals surface area (Å²) in [5.74, 6) is -0.911. The van der Waals surface area contributed by atoms with Crippen molar-refractivity contribution < 1.29 is 14.5 Å². The SMILES string of the molecule is O=C(CNC(=O)c1ccccc1I)N/N=C/c1ccc(Cl)c([N+](=O)[O-])c1. The van der Waals surface area contributed by atoms with Crippen LogP contribution in [0.1, 0.15) is 15.9 Å². The molecule has 0 aliphatic heterocycles. The van der Waals surface area contributed by atoms with Crippen LogP contribution in [0.3, 0.4) is 0 Å². The maximum atomic E-state index is 12.0. The summed E-state index contributed by atoms with van der Waals surface area (Å²) in [6.07, 6.45) is 1.24. The molecule has 0 radical (unpaired) electrons. The first kappa shape index (κ1) is 19.8. The van der Waals surface area contributed by atoms with Gasteiger partial charge in [-0.25, -0.2) is 5.43 Å². The van der Waals surface area contributed by atoms with E-state index >= 15 is 0 Å². The van der Waals surface area contributed by atoms with Crippen molar-refractivity contribution in [3.8, 4) is 0 Å². The van der Waals surface area contributed by atoms with Gasteiger partial charge in [0.05, 0.1) is 23.2 Å². The molecule has 0 spiro atoms. The Morgan fingerprint density at radius 3 is 2.69 bits per heavy atom. The molecule has 0 bridgehead atoms. The van der Waals surface area contributed by atoms with Crippen LogP contribution in [0.5, 0.6) is 0 Å². The molecule has 0 aliphatic carbocycles. The fourth-order valence-corrected chi connectivity index (χ4v) is 2.69. The zero-order valence-electron chi connectivity index (χ0n) is 13.1. The van der Waals surface area contributed by atoms with Gasteiger partial charge >= 0.3 is 0 Å². The number of nitro benzene ring substituents is 1. The third-order valence-electron chi connectivity index (χ3n) is 3.10. The van der Waals surface area contributed by atoms with Crippen LogP contribution in [0.2, 0.25) is 5.02 Å². The molecule has 134 valence electrons. The highest BCUT2D eigenvalue weighted by Gasteiger charge is 2.12. The lowest BCUT2D eigenvalue weighted by molar-refractivity contribution is -0.384. The Hall–Kier alpha value is -2.53. The molecule has 0 saturated heterocycles. The molecule has 0 saturated carbocycles. The van der Waals surface area contributed by atoms with E-state index in [1.165, 1.54) is 24.4 Å². The van der Waals surface area contributed by atoms with Crippen molar-refractivity contribution >= 4 is 57.9 Å². The molecule has 8 nitrogen and oxygen atoms in total. The average Bonchev–Trinajstić information content (AvgIpc) is 2.61. The van der Waals surface area contributed by atoms with E-state index in [1.54, 1.807) is 24.3 Å². The normalized spacial score (nSPS) is 10.5. The lowest BCUT2D eigenvalue weighted by Crippen LogP contribution is -2.35. The summed E-state index contributed by atoms with van der Waals surface area (Å²) in [5.41, 5.74) is 2.83. The Kier molecular flexibility index (Phi) is 7.04. The fourth-order valence-electron chi connectivity index (χ4n) is 1.87. The summed E-state index contributed by atoms with van der Waals surface area (Å²) in [6, 6.07) is 11.1. The lowest BCUT2D eigenvalue weighted by atomic mass is 10.2. The Labute approximate surface area is 166 Å². The van der Waals surface area contributed by atoms with Crippen LogP contribution in [-0.4, -0.2) is 29.5 Å². The fraction of sp³-hybridized carbons (Fsp3) is 0.0625. The first-order valence-corrected chi connectivity index (χ1v) is 8.62. The third kappa shape index (κ3) is 5.49. The van der Waals surface area contributed by atoms with Crippen molar-refractivity contribution in [2.75, 3.05) is 6.54 Å². The first-order valence-electron chi connectivity index (χ1n) is 7.17. The molecule has 0 heterocycles. The second-order valence-corrected chi connectivity index (χ2v) is 6.49. The van der Waals surface area contributed by atoms with Crippen LogP contribution < -0.4 is 10.7 Å². The maximum absolute atomic E-state index is 12.0. The molecular formula is C16H12ClIN4O4. The van der Waals surface area contributed by atoms with Crippen molar-refractivity contribution in [3.05, 3.63) is 72.3 Å². The molecule has 2 aromatic rings. The highest BCUT2D eigenvalue weighted by Crippen LogP contribution is 2.24. The van der Waals surface area contributed by atoms with Crippen LogP contribution in [0.4, 0.5) is 5.69 Å². The van der Waals surface area contributed by atoms with Gasteiger partial charge in [-0.3, -0.25) is 19.7 Å². The highest BCUT2D eigenvalue weighted by atomic mass is 127. The lowest BCUT2D eigenvalue weighted by Gasteiger charge is -2.05. The Morgan fingerprint density at radius 1 is 1.27 bits per heavy atom. The van der Waals surface area contributed by atoms with Crippen LogP contribution in [-0.2, 0) is 4.79 Å². The van der Waals surface area contributed by atoms with Crippen molar-refractivity contribution in [2.24, 2.45) is 5.10 Å². The quantitative estimate of drug-likeness (QED) is 0.283. The molecular weight excluding hydrogens is 475 g/mol. The Bertz CT molecular complexity index is 888. The van der Waals surface area contributed by atoms with E-state index in [1.807, 2.05) is 22.6 Å². The smallest absolute Gasteiger partial charge is 0.288 e. The topological polar surface area (TPSA) is 114 Å². The number of amides is 2. The van der Waals surface area contributed by atoms with E-state index in [0.29, 0.717) is 11.1 Å². The van der Waals surface area contributed by atoms with Gasteiger partial charge in [-0.2, -0.15) is 5.10 Å². The standard InChI is InChI=1S/C16H12ClIN4O4/c17-12-6-5-10(7-14(12)22(25)26)8-20-21-15(23)9-19-16(24)11-3-1-2-4-13(11)18/h1-8H,9H2,(H,19,24)(H,21,23)/b20-8+. The number of benzene rings is 2. The molecule has 0 aliphatic rings. The second-order valence-electron chi connectivity index (χ2n) is 4.92. The van der Waals surface area contributed by atoms with Gasteiger partial charge < -0.3 is 5.32 Å². The summed E-state index contributed by atoms with van der Waals surface area (Å²) in [6.45, 7) is -0.262. The summed E-state index contributed by atoms with van der Waals surface area (Å²) in [4.78, 5) is 33.9. The number of nitrogens with zero attached hydrogens (tertiary/aromatic N) is 2. The van der Waals surface area contributed by atoms with Gasteiger partial charge in [-0.05, 0) is 40.8 Å². The van der Waals surface area contributed by atoms with Gasteiger partial charge in [-0.15, -0.1) is 0 Å². The summed E-state index contributed by atoms with van der Waals surface area (Å²) < 4.78 is 0.769. The molecule has 2 amide bonds. The van der Waals surface area contributed by atoms with E-state index in [9.17, 15) is 19.7 Å². The molecule has 2 rings (SSSR count). The summed E-state index contributed by atoms with van der Waals surface area (Å²) >= 11 is 7.74. The second kappa shape index (κ2) is 9.25. The number of halogens is 2. The number of carbonyl (C=O) groups is 2. The molecule has 0 fully saturated rings. The zero-order chi connectivity index (χ0) is 19.1. The molecule has 0 unspecified atom stereocenters. The van der Waals surface area contributed by atoms with Crippen molar-refractivity contribution in [2.45, 2.75) is 0 Å². The number of hydrogen-bond acceptors (Lipinski definition) is 5. The number of carbonyl (C=O) groups excluding carboxylic acids is 2. The average molecular weight is 487 g/mol. The van der Waals surface area contributed by atoms with Crippen molar-refractivity contribution in [1.82, 2.24) is 10.7 Å². The zero-order valence-corrected chi connectivity index (χ0v) is 16.0. The van der Waals surface area contributed by atoms with Crippen molar-refractivity contribution in [1.29, 1.82) is 0 Å². The van der Waals surface area contributed by atoms with Gasteiger partial charge in [0, 0.05) is 15.2 Å². The maximum Gasteiger partial charge on any atom is 0.288 e.